The molecule has 1 aromatic rings. The number of hydrogen-bond acceptors (Lipinski definition) is 7. The minimum absolute atomic E-state index is 0.0123. The zero-order chi connectivity index (χ0) is 38.1. The molecule has 51 heavy (non-hydrogen) atoms. The minimum Gasteiger partial charge on any atom is -0.478 e. The van der Waals surface area contributed by atoms with Gasteiger partial charge >= 0.3 is 5.97 Å². The third-order valence-electron chi connectivity index (χ3n) is 9.12. The van der Waals surface area contributed by atoms with Crippen LogP contribution in [-0.2, 0) is 24.0 Å². The quantitative estimate of drug-likeness (QED) is 0.0824. The van der Waals surface area contributed by atoms with Gasteiger partial charge in [-0.25, -0.2) is 4.79 Å². The Labute approximate surface area is 300 Å². The molecule has 0 aliphatic heterocycles. The minimum atomic E-state index is -1.29. The zero-order valence-corrected chi connectivity index (χ0v) is 30.3. The average Bonchev–Trinajstić information content (AvgIpc) is 3.11. The predicted molar refractivity (Wildman–Crippen MR) is 194 cm³/mol. The summed E-state index contributed by atoms with van der Waals surface area (Å²) in [5.41, 5.74) is -0.321. The van der Waals surface area contributed by atoms with Crippen LogP contribution in [-0.4, -0.2) is 77.1 Å². The van der Waals surface area contributed by atoms with Gasteiger partial charge in [0.25, 0.3) is 11.8 Å². The molecule has 1 unspecified atom stereocenters. The Kier molecular flexibility index (Phi) is 17.8. The van der Waals surface area contributed by atoms with Crippen LogP contribution in [0.15, 0.2) is 49.6 Å². The molecule has 1 fully saturated rings. The van der Waals surface area contributed by atoms with Crippen molar-refractivity contribution >= 4 is 41.3 Å². The molecule has 2 rings (SSSR count). The van der Waals surface area contributed by atoms with Crippen LogP contribution in [0.2, 0.25) is 0 Å². The van der Waals surface area contributed by atoms with Gasteiger partial charge in [0, 0.05) is 6.54 Å². The van der Waals surface area contributed by atoms with Crippen LogP contribution >= 0.6 is 0 Å². The molecule has 0 bridgehead atoms. The lowest BCUT2D eigenvalue weighted by Gasteiger charge is -2.31. The van der Waals surface area contributed by atoms with E-state index in [0.29, 0.717) is 12.8 Å². The molecule has 0 radical (unpaired) electrons. The van der Waals surface area contributed by atoms with Crippen molar-refractivity contribution in [3.05, 3.63) is 60.7 Å². The van der Waals surface area contributed by atoms with Gasteiger partial charge in [-0.15, -0.1) is 13.2 Å². The third-order valence-corrected chi connectivity index (χ3v) is 9.12. The fourth-order valence-electron chi connectivity index (χ4n) is 6.09. The van der Waals surface area contributed by atoms with E-state index in [0.717, 1.165) is 32.1 Å². The lowest BCUT2D eigenvalue weighted by atomic mass is 9.84. The highest BCUT2D eigenvalue weighted by Crippen LogP contribution is 2.27. The van der Waals surface area contributed by atoms with Gasteiger partial charge in [-0.3, -0.25) is 28.8 Å². The standard InChI is InChI=1S/C38H55N5O8/c1-7-15-28(32(44)37(49)39-20-8-2)40-34(46)30(22-25-16-11-10-12-17-25)42-36(48)31(24(6)9-3)43-35(47)29(21-23(4)5)41-33(45)26-18-13-14-19-27(26)38(50)51/h7-8,13-14,18-19,23-25,28-31H,1-2,9-12,15-17,20-22H2,3-6H3,(H,39,49)(H,40,46)(H,41,45)(H,42,48)(H,43,47)(H,50,51)/t24-,28?,29+,30+,31+/m1/s1. The monoisotopic (exact) mass is 709 g/mol. The van der Waals surface area contributed by atoms with Crippen molar-refractivity contribution in [1.82, 2.24) is 26.6 Å². The van der Waals surface area contributed by atoms with Crippen molar-refractivity contribution in [3.63, 3.8) is 0 Å². The first-order valence-corrected chi connectivity index (χ1v) is 17.8. The zero-order valence-electron chi connectivity index (χ0n) is 30.3. The molecule has 0 heterocycles. The summed E-state index contributed by atoms with van der Waals surface area (Å²) in [7, 11) is 0. The van der Waals surface area contributed by atoms with E-state index in [1.807, 2.05) is 20.8 Å². The highest BCUT2D eigenvalue weighted by Gasteiger charge is 2.35. The van der Waals surface area contributed by atoms with E-state index in [9.17, 15) is 38.7 Å². The molecule has 0 saturated heterocycles. The number of ketones is 1. The van der Waals surface area contributed by atoms with Crippen molar-refractivity contribution in [1.29, 1.82) is 0 Å². The summed E-state index contributed by atoms with van der Waals surface area (Å²) in [5, 5.41) is 22.9. The Morgan fingerprint density at radius 2 is 1.41 bits per heavy atom. The number of benzene rings is 1. The molecule has 13 nitrogen and oxygen atoms in total. The van der Waals surface area contributed by atoms with Gasteiger partial charge in [0.05, 0.1) is 11.1 Å². The van der Waals surface area contributed by atoms with Crippen LogP contribution < -0.4 is 26.6 Å². The first kappa shape index (κ1) is 42.4. The Morgan fingerprint density at radius 3 is 1.98 bits per heavy atom. The van der Waals surface area contributed by atoms with E-state index >= 15 is 0 Å². The normalized spacial score (nSPS) is 15.9. The predicted octanol–water partition coefficient (Wildman–Crippen LogP) is 3.45. The molecular formula is C38H55N5O8. The summed E-state index contributed by atoms with van der Waals surface area (Å²) < 4.78 is 0. The van der Waals surface area contributed by atoms with Gasteiger partial charge in [-0.1, -0.05) is 90.5 Å². The van der Waals surface area contributed by atoms with Gasteiger partial charge in [-0.05, 0) is 49.1 Å². The summed E-state index contributed by atoms with van der Waals surface area (Å²) in [6.45, 7) is 14.6. The van der Waals surface area contributed by atoms with Gasteiger partial charge in [0.2, 0.25) is 23.5 Å². The molecule has 13 heteroatoms. The molecule has 1 saturated carbocycles. The van der Waals surface area contributed by atoms with E-state index in [1.54, 1.807) is 6.92 Å². The van der Waals surface area contributed by atoms with Gasteiger partial charge in [0.15, 0.2) is 0 Å². The number of hydrogen-bond donors (Lipinski definition) is 6. The maximum Gasteiger partial charge on any atom is 0.336 e. The number of amides is 5. The lowest BCUT2D eigenvalue weighted by molar-refractivity contribution is -0.140. The third kappa shape index (κ3) is 13.4. The summed E-state index contributed by atoms with van der Waals surface area (Å²) in [4.78, 5) is 91.9. The fourth-order valence-corrected chi connectivity index (χ4v) is 6.09. The Morgan fingerprint density at radius 1 is 0.804 bits per heavy atom. The number of Topliss-reactive ketones (excluding diaryl/α,β-unsaturated/α-hetero) is 1. The SMILES string of the molecule is C=CCNC(=O)C(=O)C(CC=C)NC(=O)[C@H](CC1CCCCC1)NC(=O)[C@@H](NC(=O)[C@H](CC(C)C)NC(=O)c1ccccc1C(=O)O)[C@H](C)CC. The van der Waals surface area contributed by atoms with Crippen LogP contribution in [0.1, 0.15) is 106 Å². The summed E-state index contributed by atoms with van der Waals surface area (Å²) >= 11 is 0. The number of nitrogens with one attached hydrogen (secondary N) is 5. The Hall–Kier alpha value is -4.81. The smallest absolute Gasteiger partial charge is 0.336 e. The van der Waals surface area contributed by atoms with E-state index in [1.165, 1.54) is 36.4 Å². The van der Waals surface area contributed by atoms with Crippen molar-refractivity contribution in [2.45, 2.75) is 110 Å². The van der Waals surface area contributed by atoms with Crippen molar-refractivity contribution in [3.8, 4) is 0 Å². The number of carbonyl (C=O) groups excluding carboxylic acids is 6. The summed E-state index contributed by atoms with van der Waals surface area (Å²) in [6, 6.07) is 1.20. The van der Waals surface area contributed by atoms with E-state index in [-0.39, 0.29) is 48.3 Å². The summed E-state index contributed by atoms with van der Waals surface area (Å²) in [5.74, 6) is -5.98. The summed E-state index contributed by atoms with van der Waals surface area (Å²) in [6.07, 6.45) is 8.59. The number of aromatic carboxylic acids is 1. The second-order valence-electron chi connectivity index (χ2n) is 13.6. The average molecular weight is 710 g/mol. The van der Waals surface area contributed by atoms with Crippen LogP contribution in [0.4, 0.5) is 0 Å². The van der Waals surface area contributed by atoms with Crippen LogP contribution in [0.3, 0.4) is 0 Å². The van der Waals surface area contributed by atoms with Crippen molar-refractivity contribution < 1.29 is 38.7 Å². The second kappa shape index (κ2) is 21.4. The van der Waals surface area contributed by atoms with Crippen LogP contribution in [0.5, 0.6) is 0 Å². The number of carboxylic acid groups (broad SMARTS) is 1. The van der Waals surface area contributed by atoms with Gasteiger partial charge in [-0.2, -0.15) is 0 Å². The van der Waals surface area contributed by atoms with Crippen LogP contribution in [0, 0.1) is 17.8 Å². The fraction of sp³-hybridized carbons (Fsp3) is 0.553. The molecule has 6 N–H and O–H groups in total. The Balaban J connectivity index is 2.34. The van der Waals surface area contributed by atoms with Crippen molar-refractivity contribution in [2.24, 2.45) is 17.8 Å². The Bertz CT molecular complexity index is 1420. The molecule has 1 aromatic carbocycles. The number of carboxylic acids is 1. The lowest BCUT2D eigenvalue weighted by Crippen LogP contribution is -2.60. The maximum atomic E-state index is 14.0. The van der Waals surface area contributed by atoms with Crippen LogP contribution in [0.25, 0.3) is 0 Å². The van der Waals surface area contributed by atoms with Gasteiger partial charge < -0.3 is 31.7 Å². The molecule has 5 atom stereocenters. The molecular weight excluding hydrogens is 654 g/mol. The molecule has 0 spiro atoms. The number of rotatable bonds is 21. The largest absolute Gasteiger partial charge is 0.478 e. The number of carbonyl (C=O) groups is 7. The van der Waals surface area contributed by atoms with E-state index < -0.39 is 65.5 Å². The topological polar surface area (TPSA) is 200 Å². The molecule has 280 valence electrons. The maximum absolute atomic E-state index is 14.0. The second-order valence-corrected chi connectivity index (χ2v) is 13.6. The highest BCUT2D eigenvalue weighted by molar-refractivity contribution is 6.38. The molecule has 1 aliphatic rings. The van der Waals surface area contributed by atoms with Gasteiger partial charge in [0.1, 0.15) is 24.2 Å². The molecule has 5 amide bonds. The first-order chi connectivity index (χ1) is 24.2. The molecule has 0 aromatic heterocycles. The van der Waals surface area contributed by atoms with Crippen molar-refractivity contribution in [2.75, 3.05) is 6.54 Å². The van der Waals surface area contributed by atoms with E-state index in [2.05, 4.69) is 39.7 Å². The highest BCUT2D eigenvalue weighted by atomic mass is 16.4. The molecule has 1 aliphatic carbocycles. The van der Waals surface area contributed by atoms with E-state index in [4.69, 9.17) is 0 Å². The first-order valence-electron chi connectivity index (χ1n) is 17.8.